The van der Waals surface area contributed by atoms with E-state index in [1.807, 2.05) is 18.9 Å². The number of fused-ring (bicyclic) bond motifs is 1. The van der Waals surface area contributed by atoms with Gasteiger partial charge in [0.15, 0.2) is 5.65 Å². The number of aliphatic carboxylic acids is 1. The molecule has 258 valence electrons. The molecular formula is C29H33F3N8O6S2. The average Bonchev–Trinajstić information content (AvgIpc) is 3.39. The molecule has 2 saturated heterocycles. The van der Waals surface area contributed by atoms with Crippen LogP contribution in [0, 0.1) is 47.3 Å². The standard InChI is InChI=1S/C23H26N6O4S2.C4H6N2.C2HF3O2/c1-16-3-5-20(6-4-16)35(32,33)29-8-7-21-22(25-15-26-23(21)29)27(2)19-9-17(10-19)14-34(30,31)28-12-18(11-24)13-28;5-1-4-2-6-3-4;3-2(4,5)1(6)7/h3-8,15,17-19H,9-10,12-14H2,1-2H3;4,6H,2-3H2;(H,6,7). The van der Waals surface area contributed by atoms with Crippen molar-refractivity contribution in [2.45, 2.75) is 36.9 Å². The van der Waals surface area contributed by atoms with Gasteiger partial charge in [-0.2, -0.15) is 28.0 Å². The van der Waals surface area contributed by atoms with Gasteiger partial charge in [0, 0.05) is 45.5 Å². The SMILES string of the molecule is Cc1ccc(S(=O)(=O)n2ccc3c(N(C)C4CC(CS(=O)(=O)N5CC(C#N)C5)C4)ncnc32)cc1.N#CC1CNC1.O=C(O)C(F)(F)F. The molecular weight excluding hydrogens is 677 g/mol. The Bertz CT molecular complexity index is 1920. The van der Waals surface area contributed by atoms with Gasteiger partial charge in [-0.05, 0) is 43.9 Å². The van der Waals surface area contributed by atoms with Crippen molar-refractivity contribution in [3.63, 3.8) is 0 Å². The van der Waals surface area contributed by atoms with Gasteiger partial charge in [0.1, 0.15) is 12.1 Å². The summed E-state index contributed by atoms with van der Waals surface area (Å²) in [6.07, 6.45) is -0.854. The summed E-state index contributed by atoms with van der Waals surface area (Å²) in [7, 11) is -5.28. The van der Waals surface area contributed by atoms with Crippen LogP contribution in [-0.2, 0) is 24.8 Å². The van der Waals surface area contributed by atoms with Crippen molar-refractivity contribution < 1.29 is 39.9 Å². The third-order valence-corrected chi connectivity index (χ3v) is 11.8. The normalized spacial score (nSPS) is 19.9. The van der Waals surface area contributed by atoms with Crippen LogP contribution >= 0.6 is 0 Å². The first-order valence-corrected chi connectivity index (χ1v) is 17.7. The van der Waals surface area contributed by atoms with E-state index in [0.717, 1.165) is 18.7 Å². The Kier molecular flexibility index (Phi) is 11.0. The Morgan fingerprint density at radius 2 is 1.62 bits per heavy atom. The molecule has 3 aromatic rings. The number of carboxylic acid groups (broad SMARTS) is 1. The van der Waals surface area contributed by atoms with E-state index < -0.39 is 32.2 Å². The maximum Gasteiger partial charge on any atom is 0.490 e. The first-order valence-electron chi connectivity index (χ1n) is 14.6. The van der Waals surface area contributed by atoms with Crippen molar-refractivity contribution in [2.75, 3.05) is 43.9 Å². The lowest BCUT2D eigenvalue weighted by molar-refractivity contribution is -0.192. The lowest BCUT2D eigenvalue weighted by Gasteiger charge is -2.43. The molecule has 1 saturated carbocycles. The number of sulfonamides is 1. The number of rotatable bonds is 7. The van der Waals surface area contributed by atoms with Gasteiger partial charge < -0.3 is 15.3 Å². The van der Waals surface area contributed by atoms with Crippen LogP contribution < -0.4 is 10.2 Å². The number of aryl methyl sites for hydroxylation is 1. The van der Waals surface area contributed by atoms with Crippen LogP contribution in [-0.4, -0.2) is 97.4 Å². The van der Waals surface area contributed by atoms with E-state index in [1.54, 1.807) is 30.3 Å². The first-order chi connectivity index (χ1) is 22.5. The van der Waals surface area contributed by atoms with Gasteiger partial charge in [0.25, 0.3) is 10.0 Å². The van der Waals surface area contributed by atoms with Gasteiger partial charge in [-0.25, -0.2) is 35.6 Å². The number of aromatic nitrogens is 3. The number of hydrogen-bond donors (Lipinski definition) is 2. The maximum absolute atomic E-state index is 13.2. The quantitative estimate of drug-likeness (QED) is 0.363. The van der Waals surface area contributed by atoms with Gasteiger partial charge in [-0.1, -0.05) is 17.7 Å². The summed E-state index contributed by atoms with van der Waals surface area (Å²) in [5.74, 6) is -1.92. The molecule has 0 unspecified atom stereocenters. The number of anilines is 1. The van der Waals surface area contributed by atoms with Gasteiger partial charge in [0.05, 0.1) is 40.0 Å². The lowest BCUT2D eigenvalue weighted by Crippen LogP contribution is -2.52. The Morgan fingerprint density at radius 3 is 2.10 bits per heavy atom. The molecule has 3 aliphatic rings. The number of carbonyl (C=O) groups is 1. The number of nitrogens with zero attached hydrogens (tertiary/aromatic N) is 7. The molecule has 2 aliphatic heterocycles. The highest BCUT2D eigenvalue weighted by atomic mass is 32.2. The van der Waals surface area contributed by atoms with E-state index in [0.29, 0.717) is 35.6 Å². The van der Waals surface area contributed by atoms with Gasteiger partial charge >= 0.3 is 12.1 Å². The molecule has 48 heavy (non-hydrogen) atoms. The Labute approximate surface area is 275 Å². The summed E-state index contributed by atoms with van der Waals surface area (Å²) in [5.41, 5.74) is 1.26. The fourth-order valence-corrected chi connectivity index (χ4v) is 8.26. The van der Waals surface area contributed by atoms with Crippen LogP contribution in [0.3, 0.4) is 0 Å². The molecule has 0 atom stereocenters. The summed E-state index contributed by atoms with van der Waals surface area (Å²) in [5, 5.41) is 27.7. The number of benzene rings is 1. The summed E-state index contributed by atoms with van der Waals surface area (Å²) in [6, 6.07) is 12.7. The second-order valence-corrected chi connectivity index (χ2v) is 15.5. The van der Waals surface area contributed by atoms with Crippen LogP contribution in [0.15, 0.2) is 47.8 Å². The molecule has 14 nitrogen and oxygen atoms in total. The van der Waals surface area contributed by atoms with Crippen LogP contribution in [0.2, 0.25) is 0 Å². The van der Waals surface area contributed by atoms with E-state index in [4.69, 9.17) is 20.4 Å². The summed E-state index contributed by atoms with van der Waals surface area (Å²) < 4.78 is 85.8. The van der Waals surface area contributed by atoms with Crippen molar-refractivity contribution >= 4 is 42.9 Å². The molecule has 19 heteroatoms. The third kappa shape index (κ3) is 8.21. The lowest BCUT2D eigenvalue weighted by atomic mass is 9.81. The van der Waals surface area contributed by atoms with Crippen LogP contribution in [0.25, 0.3) is 11.0 Å². The van der Waals surface area contributed by atoms with Crippen LogP contribution in [0.5, 0.6) is 0 Å². The van der Waals surface area contributed by atoms with Gasteiger partial charge in [-0.15, -0.1) is 0 Å². The molecule has 0 bridgehead atoms. The van der Waals surface area contributed by atoms with Crippen molar-refractivity contribution in [2.24, 2.45) is 17.8 Å². The van der Waals surface area contributed by atoms with Crippen molar-refractivity contribution in [3.05, 3.63) is 48.4 Å². The molecule has 1 aliphatic carbocycles. The van der Waals surface area contributed by atoms with E-state index in [2.05, 4.69) is 27.4 Å². The summed E-state index contributed by atoms with van der Waals surface area (Å²) in [6.45, 7) is 4.27. The molecule has 6 rings (SSSR count). The van der Waals surface area contributed by atoms with Crippen molar-refractivity contribution in [1.29, 1.82) is 10.5 Å². The summed E-state index contributed by atoms with van der Waals surface area (Å²) in [4.78, 5) is 19.7. The van der Waals surface area contributed by atoms with Crippen LogP contribution in [0.4, 0.5) is 19.0 Å². The number of nitriles is 2. The number of halogens is 3. The van der Waals surface area contributed by atoms with Gasteiger partial charge in [-0.3, -0.25) is 0 Å². The van der Waals surface area contributed by atoms with Crippen molar-refractivity contribution in [3.8, 4) is 12.1 Å². The molecule has 2 aromatic heterocycles. The zero-order chi connectivity index (χ0) is 35.4. The van der Waals surface area contributed by atoms with Crippen molar-refractivity contribution in [1.82, 2.24) is 23.6 Å². The molecule has 2 N–H and O–H groups in total. The number of alkyl halides is 3. The van der Waals surface area contributed by atoms with E-state index in [9.17, 15) is 30.0 Å². The Balaban J connectivity index is 0.000000335. The van der Waals surface area contributed by atoms with E-state index >= 15 is 0 Å². The number of hydrogen-bond acceptors (Lipinski definition) is 11. The Hall–Kier alpha value is -4.30. The van der Waals surface area contributed by atoms with Crippen LogP contribution in [0.1, 0.15) is 18.4 Å². The first kappa shape index (κ1) is 36.5. The third-order valence-electron chi connectivity index (χ3n) is 8.17. The van der Waals surface area contributed by atoms with Gasteiger partial charge in [0.2, 0.25) is 10.0 Å². The second kappa shape index (κ2) is 14.4. The van der Waals surface area contributed by atoms with E-state index in [-0.39, 0.29) is 41.6 Å². The Morgan fingerprint density at radius 1 is 1.04 bits per heavy atom. The minimum atomic E-state index is -5.08. The highest BCUT2D eigenvalue weighted by Gasteiger charge is 2.41. The topological polar surface area (TPSA) is 202 Å². The maximum atomic E-state index is 13.2. The molecule has 0 radical (unpaired) electrons. The number of nitrogens with one attached hydrogen (secondary N) is 1. The fourth-order valence-electron chi connectivity index (χ4n) is 5.07. The zero-order valence-corrected chi connectivity index (χ0v) is 27.5. The minimum Gasteiger partial charge on any atom is -0.475 e. The fraction of sp³-hybridized carbons (Fsp3) is 0.483. The smallest absolute Gasteiger partial charge is 0.475 e. The molecule has 3 fully saturated rings. The predicted molar refractivity (Wildman–Crippen MR) is 166 cm³/mol. The molecule has 0 amide bonds. The average molecular weight is 711 g/mol. The predicted octanol–water partition coefficient (Wildman–Crippen LogP) is 2.34. The molecule has 1 aromatic carbocycles. The largest absolute Gasteiger partial charge is 0.490 e. The molecule has 0 spiro atoms. The van der Waals surface area contributed by atoms with E-state index in [1.165, 1.54) is 20.8 Å². The zero-order valence-electron chi connectivity index (χ0n) is 25.9. The second-order valence-electron chi connectivity index (χ2n) is 11.7. The highest BCUT2D eigenvalue weighted by molar-refractivity contribution is 7.90. The highest BCUT2D eigenvalue weighted by Crippen LogP contribution is 2.37. The monoisotopic (exact) mass is 710 g/mol. The molecule has 4 heterocycles. The number of carboxylic acids is 1. The summed E-state index contributed by atoms with van der Waals surface area (Å²) >= 11 is 0. The minimum absolute atomic E-state index is 0.0393.